The number of nitrogens with zero attached hydrogens (tertiary/aromatic N) is 3. The summed E-state index contributed by atoms with van der Waals surface area (Å²) >= 11 is 1.34. The maximum Gasteiger partial charge on any atom is 0.277 e. The summed E-state index contributed by atoms with van der Waals surface area (Å²) in [6.07, 6.45) is 3.34. The van der Waals surface area contributed by atoms with E-state index in [1.807, 2.05) is 37.8 Å². The molecular weight excluding hydrogens is 346 g/mol. The van der Waals surface area contributed by atoms with Crippen molar-refractivity contribution in [2.75, 3.05) is 0 Å². The lowest BCUT2D eigenvalue weighted by molar-refractivity contribution is -0.136. The van der Waals surface area contributed by atoms with Crippen LogP contribution in [0.15, 0.2) is 27.8 Å². The Morgan fingerprint density at radius 3 is 2.38 bits per heavy atom. The van der Waals surface area contributed by atoms with Gasteiger partial charge in [-0.2, -0.15) is 0 Å². The van der Waals surface area contributed by atoms with Crippen LogP contribution in [-0.4, -0.2) is 38.3 Å². The molecule has 1 aromatic carbocycles. The van der Waals surface area contributed by atoms with Gasteiger partial charge in [-0.3, -0.25) is 4.79 Å². The number of carbonyl (C=O) groups excluding carboxylic acids is 1. The van der Waals surface area contributed by atoms with Crippen LogP contribution in [0.5, 0.6) is 0 Å². The molecule has 0 N–H and O–H groups in total. The van der Waals surface area contributed by atoms with Crippen molar-refractivity contribution in [3.63, 3.8) is 0 Å². The SMILES string of the molecule is Cc1cc(C)cc(-c2nnc(S[C@H](C)C(=O)N3[C@@H](C)CCC[C@@H]3C)o2)c1. The van der Waals surface area contributed by atoms with Gasteiger partial charge in [0.15, 0.2) is 0 Å². The van der Waals surface area contributed by atoms with E-state index in [0.29, 0.717) is 23.2 Å². The lowest BCUT2D eigenvalue weighted by atomic mass is 9.97. The zero-order valence-corrected chi connectivity index (χ0v) is 17.0. The number of benzene rings is 1. The normalized spacial score (nSPS) is 21.7. The highest BCUT2D eigenvalue weighted by molar-refractivity contribution is 8.00. The molecule has 0 bridgehead atoms. The molecule has 2 aromatic rings. The Morgan fingerprint density at radius 2 is 1.77 bits per heavy atom. The van der Waals surface area contributed by atoms with Crippen molar-refractivity contribution in [3.05, 3.63) is 29.3 Å². The zero-order valence-electron chi connectivity index (χ0n) is 16.2. The van der Waals surface area contributed by atoms with Crippen LogP contribution in [0, 0.1) is 13.8 Å². The van der Waals surface area contributed by atoms with Crippen molar-refractivity contribution < 1.29 is 9.21 Å². The fourth-order valence-electron chi connectivity index (χ4n) is 3.74. The fourth-order valence-corrected chi connectivity index (χ4v) is 4.48. The number of rotatable bonds is 4. The van der Waals surface area contributed by atoms with Crippen LogP contribution in [0.4, 0.5) is 0 Å². The summed E-state index contributed by atoms with van der Waals surface area (Å²) < 4.78 is 5.81. The molecule has 0 unspecified atom stereocenters. The molecule has 26 heavy (non-hydrogen) atoms. The molecule has 3 rings (SSSR count). The lowest BCUT2D eigenvalue weighted by Gasteiger charge is -2.40. The van der Waals surface area contributed by atoms with Crippen molar-refractivity contribution in [2.24, 2.45) is 0 Å². The minimum atomic E-state index is -0.245. The van der Waals surface area contributed by atoms with Crippen LogP contribution < -0.4 is 0 Å². The number of carbonyl (C=O) groups is 1. The number of likely N-dealkylation sites (tertiary alicyclic amines) is 1. The average molecular weight is 374 g/mol. The summed E-state index contributed by atoms with van der Waals surface area (Å²) in [6.45, 7) is 10.3. The van der Waals surface area contributed by atoms with E-state index in [2.05, 4.69) is 30.1 Å². The second kappa shape index (κ2) is 7.82. The van der Waals surface area contributed by atoms with Gasteiger partial charge in [0.1, 0.15) is 0 Å². The molecule has 1 saturated heterocycles. The third-order valence-electron chi connectivity index (χ3n) is 4.95. The maximum atomic E-state index is 12.9. The molecule has 140 valence electrons. The first-order valence-corrected chi connectivity index (χ1v) is 10.1. The third kappa shape index (κ3) is 4.11. The summed E-state index contributed by atoms with van der Waals surface area (Å²) in [5.41, 5.74) is 3.23. The molecule has 6 heteroatoms. The molecule has 0 saturated carbocycles. The lowest BCUT2D eigenvalue weighted by Crippen LogP contribution is -2.50. The van der Waals surface area contributed by atoms with E-state index in [-0.39, 0.29) is 11.2 Å². The summed E-state index contributed by atoms with van der Waals surface area (Å²) in [7, 11) is 0. The molecule has 1 amide bonds. The predicted molar refractivity (Wildman–Crippen MR) is 104 cm³/mol. The molecule has 1 fully saturated rings. The molecular formula is C20H27N3O2S. The smallest absolute Gasteiger partial charge is 0.277 e. The number of hydrogen-bond donors (Lipinski definition) is 0. The first-order chi connectivity index (χ1) is 12.3. The molecule has 0 radical (unpaired) electrons. The van der Waals surface area contributed by atoms with E-state index in [1.165, 1.54) is 18.2 Å². The Hall–Kier alpha value is -1.82. The highest BCUT2D eigenvalue weighted by Crippen LogP contribution is 2.30. The highest BCUT2D eigenvalue weighted by atomic mass is 32.2. The molecule has 2 heterocycles. The Morgan fingerprint density at radius 1 is 1.15 bits per heavy atom. The first-order valence-electron chi connectivity index (χ1n) is 9.26. The number of aryl methyl sites for hydroxylation is 2. The van der Waals surface area contributed by atoms with Gasteiger partial charge in [0.2, 0.25) is 11.8 Å². The van der Waals surface area contributed by atoms with Crippen LogP contribution in [0.2, 0.25) is 0 Å². The van der Waals surface area contributed by atoms with Gasteiger partial charge in [0, 0.05) is 17.6 Å². The summed E-state index contributed by atoms with van der Waals surface area (Å²) in [4.78, 5) is 14.9. The van der Waals surface area contributed by atoms with Crippen LogP contribution in [0.1, 0.15) is 51.2 Å². The monoisotopic (exact) mass is 373 g/mol. The van der Waals surface area contributed by atoms with Crippen molar-refractivity contribution in [2.45, 2.75) is 76.4 Å². The van der Waals surface area contributed by atoms with E-state index in [9.17, 15) is 4.79 Å². The zero-order chi connectivity index (χ0) is 18.8. The number of hydrogen-bond acceptors (Lipinski definition) is 5. The Labute approximate surface area is 159 Å². The minimum Gasteiger partial charge on any atom is -0.411 e. The van der Waals surface area contributed by atoms with E-state index in [0.717, 1.165) is 29.5 Å². The molecule has 5 nitrogen and oxygen atoms in total. The second-order valence-electron chi connectivity index (χ2n) is 7.38. The number of aromatic nitrogens is 2. The number of piperidine rings is 1. The van der Waals surface area contributed by atoms with Crippen LogP contribution in [-0.2, 0) is 4.79 Å². The van der Waals surface area contributed by atoms with E-state index in [4.69, 9.17) is 4.42 Å². The number of thioether (sulfide) groups is 1. The van der Waals surface area contributed by atoms with Crippen molar-refractivity contribution >= 4 is 17.7 Å². The van der Waals surface area contributed by atoms with Gasteiger partial charge in [-0.1, -0.05) is 29.0 Å². The summed E-state index contributed by atoms with van der Waals surface area (Å²) in [6, 6.07) is 6.75. The first kappa shape index (κ1) is 19.0. The quantitative estimate of drug-likeness (QED) is 0.732. The van der Waals surface area contributed by atoms with Crippen LogP contribution in [0.3, 0.4) is 0 Å². The maximum absolute atomic E-state index is 12.9. The van der Waals surface area contributed by atoms with Gasteiger partial charge in [0.25, 0.3) is 5.22 Å². The average Bonchev–Trinajstić information content (AvgIpc) is 3.02. The topological polar surface area (TPSA) is 59.2 Å². The van der Waals surface area contributed by atoms with Crippen molar-refractivity contribution in [1.82, 2.24) is 15.1 Å². The van der Waals surface area contributed by atoms with Crippen molar-refractivity contribution in [1.29, 1.82) is 0 Å². The largest absolute Gasteiger partial charge is 0.411 e. The van der Waals surface area contributed by atoms with Gasteiger partial charge in [-0.25, -0.2) is 0 Å². The minimum absolute atomic E-state index is 0.154. The molecule has 3 atom stereocenters. The van der Waals surface area contributed by atoms with E-state index < -0.39 is 0 Å². The fraction of sp³-hybridized carbons (Fsp3) is 0.550. The Bertz CT molecular complexity index is 759. The summed E-state index contributed by atoms with van der Waals surface area (Å²) in [5, 5.41) is 8.49. The molecule has 0 spiro atoms. The van der Waals surface area contributed by atoms with E-state index >= 15 is 0 Å². The molecule has 0 aliphatic carbocycles. The van der Waals surface area contributed by atoms with Gasteiger partial charge in [-0.15, -0.1) is 10.2 Å². The molecule has 1 aliphatic heterocycles. The third-order valence-corrected chi connectivity index (χ3v) is 5.87. The van der Waals surface area contributed by atoms with Gasteiger partial charge in [-0.05, 0) is 66.0 Å². The van der Waals surface area contributed by atoms with Gasteiger partial charge in [0.05, 0.1) is 5.25 Å². The predicted octanol–water partition coefficient (Wildman–Crippen LogP) is 4.62. The highest BCUT2D eigenvalue weighted by Gasteiger charge is 2.32. The van der Waals surface area contributed by atoms with Crippen LogP contribution in [0.25, 0.3) is 11.5 Å². The van der Waals surface area contributed by atoms with Crippen molar-refractivity contribution in [3.8, 4) is 11.5 Å². The molecule has 1 aliphatic rings. The van der Waals surface area contributed by atoms with Gasteiger partial charge >= 0.3 is 0 Å². The number of amides is 1. The van der Waals surface area contributed by atoms with Crippen LogP contribution >= 0.6 is 11.8 Å². The molecule has 1 aromatic heterocycles. The Balaban J connectivity index is 1.71. The van der Waals surface area contributed by atoms with Gasteiger partial charge < -0.3 is 9.32 Å². The second-order valence-corrected chi connectivity index (χ2v) is 8.68. The Kier molecular flexibility index (Phi) is 5.70. The standard InChI is InChI=1S/C20H27N3O2S/c1-12-9-13(2)11-17(10-12)18-21-22-20(25-18)26-16(5)19(24)23-14(3)7-6-8-15(23)4/h9-11,14-16H,6-8H2,1-5H3/t14-,15-,16+/m0/s1. The summed E-state index contributed by atoms with van der Waals surface area (Å²) in [5.74, 6) is 0.652. The van der Waals surface area contributed by atoms with E-state index in [1.54, 1.807) is 0 Å².